The van der Waals surface area contributed by atoms with Crippen LogP contribution < -0.4 is 10.6 Å². The summed E-state index contributed by atoms with van der Waals surface area (Å²) >= 11 is 0. The molecule has 2 fully saturated rings. The summed E-state index contributed by atoms with van der Waals surface area (Å²) in [4.78, 5) is 5.77. The smallest absolute Gasteiger partial charge is 0.356 e. The minimum atomic E-state index is -4.12. The van der Waals surface area contributed by atoms with Gasteiger partial charge in [-0.1, -0.05) is 36.8 Å². The maximum atomic E-state index is 12.5. The number of rotatable bonds is 6. The first-order valence-electron chi connectivity index (χ1n) is 9.69. The predicted octanol–water partition coefficient (Wildman–Crippen LogP) is 3.78. The maximum absolute atomic E-state index is 12.5. The molecule has 1 atom stereocenters. The molecule has 0 spiro atoms. The van der Waals surface area contributed by atoms with Crippen molar-refractivity contribution in [2.75, 3.05) is 39.8 Å². The van der Waals surface area contributed by atoms with Gasteiger partial charge in [0.2, 0.25) is 0 Å². The highest BCUT2D eigenvalue weighted by molar-refractivity contribution is 14.0. The summed E-state index contributed by atoms with van der Waals surface area (Å²) in [5.41, 5.74) is 1.52. The molecule has 2 aliphatic rings. The number of nitrogens with zero attached hydrogens (tertiary/aromatic N) is 2. The Bertz CT molecular complexity index is 632. The Morgan fingerprint density at radius 1 is 1.21 bits per heavy atom. The first-order chi connectivity index (χ1) is 12.9. The molecule has 3 rings (SSSR count). The Balaban J connectivity index is 0.00000280. The summed E-state index contributed by atoms with van der Waals surface area (Å²) in [5.74, 6) is 0.948. The van der Waals surface area contributed by atoms with Crippen molar-refractivity contribution < 1.29 is 13.2 Å². The molecule has 158 valence electrons. The zero-order chi connectivity index (χ0) is 19.3. The summed E-state index contributed by atoms with van der Waals surface area (Å²) in [6, 6.07) is 10.6. The van der Waals surface area contributed by atoms with Crippen molar-refractivity contribution in [3.05, 3.63) is 35.9 Å². The van der Waals surface area contributed by atoms with Gasteiger partial charge in [-0.3, -0.25) is 9.89 Å². The van der Waals surface area contributed by atoms with E-state index in [9.17, 15) is 13.2 Å². The number of aliphatic imine (C=N–C) groups is 1. The lowest BCUT2D eigenvalue weighted by atomic mass is 9.64. The standard InChI is InChI=1S/C20H29F3N4.HI/c1-24-18(25-12-16-8-11-27(13-16)15-20(21,22)23)26-14-19(9-5-10-19)17-6-3-2-4-7-17;/h2-4,6-7,16H,5,8-15H2,1H3,(H2,24,25,26);1H. The normalized spacial score (nSPS) is 22.3. The molecule has 28 heavy (non-hydrogen) atoms. The molecule has 0 aromatic heterocycles. The summed E-state index contributed by atoms with van der Waals surface area (Å²) < 4.78 is 37.5. The number of likely N-dealkylation sites (tertiary alicyclic amines) is 1. The van der Waals surface area contributed by atoms with Gasteiger partial charge >= 0.3 is 6.18 Å². The van der Waals surface area contributed by atoms with E-state index in [1.807, 2.05) is 6.07 Å². The molecule has 1 saturated heterocycles. The van der Waals surface area contributed by atoms with Gasteiger partial charge in [0.25, 0.3) is 0 Å². The van der Waals surface area contributed by atoms with E-state index in [0.717, 1.165) is 31.8 Å². The molecule has 1 aliphatic carbocycles. The molecule has 0 radical (unpaired) electrons. The zero-order valence-electron chi connectivity index (χ0n) is 16.3. The lowest BCUT2D eigenvalue weighted by Crippen LogP contribution is -2.49. The van der Waals surface area contributed by atoms with E-state index in [2.05, 4.69) is 39.9 Å². The van der Waals surface area contributed by atoms with Crippen molar-refractivity contribution >= 4 is 29.9 Å². The van der Waals surface area contributed by atoms with Crippen LogP contribution in [-0.2, 0) is 5.41 Å². The highest BCUT2D eigenvalue weighted by atomic mass is 127. The van der Waals surface area contributed by atoms with Crippen LogP contribution in [0.1, 0.15) is 31.2 Å². The van der Waals surface area contributed by atoms with E-state index in [4.69, 9.17) is 0 Å². The van der Waals surface area contributed by atoms with Crippen LogP contribution in [0.5, 0.6) is 0 Å². The molecule has 1 saturated carbocycles. The van der Waals surface area contributed by atoms with Crippen LogP contribution in [-0.4, -0.2) is 56.8 Å². The summed E-state index contributed by atoms with van der Waals surface area (Å²) in [6.45, 7) is 1.65. The third-order valence-electron chi connectivity index (χ3n) is 5.85. The Morgan fingerprint density at radius 3 is 2.50 bits per heavy atom. The minimum absolute atomic E-state index is 0. The summed E-state index contributed by atoms with van der Waals surface area (Å²) in [5, 5.41) is 6.73. The van der Waals surface area contributed by atoms with Gasteiger partial charge in [-0.25, -0.2) is 0 Å². The maximum Gasteiger partial charge on any atom is 0.401 e. The number of alkyl halides is 3. The van der Waals surface area contributed by atoms with Crippen molar-refractivity contribution in [1.29, 1.82) is 0 Å². The highest BCUT2D eigenvalue weighted by Crippen LogP contribution is 2.43. The van der Waals surface area contributed by atoms with Gasteiger partial charge < -0.3 is 10.6 Å². The highest BCUT2D eigenvalue weighted by Gasteiger charge is 2.38. The summed E-state index contributed by atoms with van der Waals surface area (Å²) in [6.07, 6.45) is 0.230. The number of hydrogen-bond acceptors (Lipinski definition) is 2. The van der Waals surface area contributed by atoms with Crippen LogP contribution in [0.25, 0.3) is 0 Å². The average molecular weight is 510 g/mol. The van der Waals surface area contributed by atoms with Crippen molar-refractivity contribution in [3.8, 4) is 0 Å². The molecule has 1 aromatic rings. The second-order valence-electron chi connectivity index (χ2n) is 7.81. The van der Waals surface area contributed by atoms with E-state index in [-0.39, 0.29) is 35.3 Å². The molecule has 0 amide bonds. The minimum Gasteiger partial charge on any atom is -0.356 e. The molecule has 4 nitrogen and oxygen atoms in total. The van der Waals surface area contributed by atoms with Crippen LogP contribution >= 0.6 is 24.0 Å². The van der Waals surface area contributed by atoms with Gasteiger partial charge in [0.1, 0.15) is 0 Å². The molecule has 8 heteroatoms. The van der Waals surface area contributed by atoms with Crippen molar-refractivity contribution in [2.45, 2.75) is 37.3 Å². The lowest BCUT2D eigenvalue weighted by molar-refractivity contribution is -0.143. The SMILES string of the molecule is CN=C(NCC1CCN(CC(F)(F)F)C1)NCC1(c2ccccc2)CCC1.I. The Morgan fingerprint density at radius 2 is 1.93 bits per heavy atom. The van der Waals surface area contributed by atoms with Crippen molar-refractivity contribution in [1.82, 2.24) is 15.5 Å². The third-order valence-corrected chi connectivity index (χ3v) is 5.85. The molecule has 0 bridgehead atoms. The van der Waals surface area contributed by atoms with Crippen molar-refractivity contribution in [3.63, 3.8) is 0 Å². The number of halogens is 4. The van der Waals surface area contributed by atoms with E-state index < -0.39 is 12.7 Å². The predicted molar refractivity (Wildman–Crippen MR) is 117 cm³/mol. The fourth-order valence-corrected chi connectivity index (χ4v) is 4.15. The lowest BCUT2D eigenvalue weighted by Gasteiger charge is -2.43. The number of benzene rings is 1. The average Bonchev–Trinajstić information content (AvgIpc) is 3.03. The van der Waals surface area contributed by atoms with E-state index in [1.165, 1.54) is 16.9 Å². The van der Waals surface area contributed by atoms with E-state index in [0.29, 0.717) is 19.6 Å². The zero-order valence-corrected chi connectivity index (χ0v) is 18.6. The Kier molecular flexibility index (Phi) is 8.42. The quantitative estimate of drug-likeness (QED) is 0.348. The fourth-order valence-electron chi connectivity index (χ4n) is 4.15. The third kappa shape index (κ3) is 6.23. The molecular formula is C20H30F3IN4. The molecule has 1 heterocycles. The second-order valence-corrected chi connectivity index (χ2v) is 7.81. The van der Waals surface area contributed by atoms with Crippen molar-refractivity contribution in [2.24, 2.45) is 10.9 Å². The van der Waals surface area contributed by atoms with Gasteiger partial charge in [-0.05, 0) is 37.3 Å². The van der Waals surface area contributed by atoms with E-state index in [1.54, 1.807) is 7.05 Å². The van der Waals surface area contributed by atoms with E-state index >= 15 is 0 Å². The molecule has 2 N–H and O–H groups in total. The van der Waals surface area contributed by atoms with Crippen LogP contribution in [0, 0.1) is 5.92 Å². The number of hydrogen-bond donors (Lipinski definition) is 2. The number of nitrogens with one attached hydrogen (secondary N) is 2. The molecule has 1 aromatic carbocycles. The largest absolute Gasteiger partial charge is 0.401 e. The van der Waals surface area contributed by atoms with Gasteiger partial charge in [0.05, 0.1) is 6.54 Å². The van der Waals surface area contributed by atoms with Gasteiger partial charge in [0, 0.05) is 32.1 Å². The van der Waals surface area contributed by atoms with Crippen LogP contribution in [0.15, 0.2) is 35.3 Å². The monoisotopic (exact) mass is 510 g/mol. The van der Waals surface area contributed by atoms with Crippen LogP contribution in [0.4, 0.5) is 13.2 Å². The van der Waals surface area contributed by atoms with Crippen LogP contribution in [0.3, 0.4) is 0 Å². The molecule has 1 aliphatic heterocycles. The first-order valence-corrected chi connectivity index (χ1v) is 9.69. The second kappa shape index (κ2) is 10.1. The fraction of sp³-hybridized carbons (Fsp3) is 0.650. The van der Waals surface area contributed by atoms with Crippen LogP contribution in [0.2, 0.25) is 0 Å². The molecule has 1 unspecified atom stereocenters. The van der Waals surface area contributed by atoms with Gasteiger partial charge in [-0.2, -0.15) is 13.2 Å². The topological polar surface area (TPSA) is 39.7 Å². The molecular weight excluding hydrogens is 480 g/mol. The first kappa shape index (κ1) is 23.3. The van der Waals surface area contributed by atoms with Gasteiger partial charge in [-0.15, -0.1) is 24.0 Å². The summed E-state index contributed by atoms with van der Waals surface area (Å²) in [7, 11) is 1.73. The Labute approximate surface area is 182 Å². The van der Waals surface area contributed by atoms with Gasteiger partial charge in [0.15, 0.2) is 5.96 Å². The Hall–Kier alpha value is -1.03. The number of guanidine groups is 1.